The maximum absolute atomic E-state index is 12.3. The number of rotatable bonds is 8. The highest BCUT2D eigenvalue weighted by molar-refractivity contribution is 6.35. The fraction of sp³-hybridized carbons (Fsp3) is 0.450. The van der Waals surface area contributed by atoms with Crippen molar-refractivity contribution in [2.75, 3.05) is 56.2 Å². The standard InChI is InChI=1S/C20H30BN7O/c1-27(2)10-6-9-22-18-17(21)14-23-19(26-18)24-15-7-5-8-16(13-15)25-20(29)28-11-3-4-12-28/h5,7-8,13-14H,3-4,6,9-12,21H2,1-2H3,(H,25,29)(H2,22,23,24,26). The lowest BCUT2D eigenvalue weighted by Gasteiger charge is -2.16. The van der Waals surface area contributed by atoms with Crippen molar-refractivity contribution in [2.24, 2.45) is 0 Å². The molecule has 3 N–H and O–H groups in total. The van der Waals surface area contributed by atoms with Crippen LogP contribution in [0.5, 0.6) is 0 Å². The van der Waals surface area contributed by atoms with Gasteiger partial charge in [-0.1, -0.05) is 6.07 Å². The number of benzene rings is 1. The Morgan fingerprint density at radius 3 is 2.76 bits per heavy atom. The van der Waals surface area contributed by atoms with Crippen LogP contribution in [0.15, 0.2) is 30.5 Å². The van der Waals surface area contributed by atoms with E-state index in [1.165, 1.54) is 0 Å². The van der Waals surface area contributed by atoms with Crippen LogP contribution < -0.4 is 21.4 Å². The van der Waals surface area contributed by atoms with Crippen molar-refractivity contribution >= 4 is 42.5 Å². The number of amides is 2. The van der Waals surface area contributed by atoms with E-state index in [-0.39, 0.29) is 6.03 Å². The molecule has 1 aliphatic rings. The molecule has 1 aromatic carbocycles. The predicted octanol–water partition coefficient (Wildman–Crippen LogP) is 1.47. The summed E-state index contributed by atoms with van der Waals surface area (Å²) in [6.45, 7) is 3.53. The van der Waals surface area contributed by atoms with Crippen LogP contribution in [-0.2, 0) is 0 Å². The number of nitrogens with zero attached hydrogens (tertiary/aromatic N) is 4. The lowest BCUT2D eigenvalue weighted by Crippen LogP contribution is -2.32. The van der Waals surface area contributed by atoms with E-state index < -0.39 is 0 Å². The highest BCUT2D eigenvalue weighted by Gasteiger charge is 2.17. The van der Waals surface area contributed by atoms with Gasteiger partial charge in [0.25, 0.3) is 0 Å². The molecular weight excluding hydrogens is 365 g/mol. The second kappa shape index (κ2) is 10.1. The minimum atomic E-state index is -0.0459. The molecule has 9 heteroatoms. The average Bonchev–Trinajstić information content (AvgIpc) is 3.23. The van der Waals surface area contributed by atoms with Crippen molar-refractivity contribution in [3.05, 3.63) is 30.5 Å². The molecule has 3 rings (SSSR count). The van der Waals surface area contributed by atoms with Gasteiger partial charge in [-0.3, -0.25) is 0 Å². The van der Waals surface area contributed by atoms with Crippen LogP contribution >= 0.6 is 0 Å². The number of aromatic nitrogens is 2. The zero-order valence-corrected chi connectivity index (χ0v) is 17.5. The van der Waals surface area contributed by atoms with Gasteiger partial charge in [-0.05, 0) is 63.6 Å². The van der Waals surface area contributed by atoms with Crippen molar-refractivity contribution < 1.29 is 4.79 Å². The number of nitrogens with one attached hydrogen (secondary N) is 3. The fourth-order valence-corrected chi connectivity index (χ4v) is 3.21. The molecule has 2 aromatic rings. The predicted molar refractivity (Wildman–Crippen MR) is 121 cm³/mol. The van der Waals surface area contributed by atoms with E-state index in [2.05, 4.69) is 44.9 Å². The highest BCUT2D eigenvalue weighted by atomic mass is 16.2. The third-order valence-electron chi connectivity index (χ3n) is 4.81. The lowest BCUT2D eigenvalue weighted by atomic mass is 9.99. The Balaban J connectivity index is 1.60. The molecule has 1 fully saturated rings. The second-order valence-corrected chi connectivity index (χ2v) is 7.64. The molecule has 0 radical (unpaired) electrons. The molecule has 154 valence electrons. The van der Waals surface area contributed by atoms with Crippen LogP contribution in [0.3, 0.4) is 0 Å². The van der Waals surface area contributed by atoms with E-state index in [9.17, 15) is 4.79 Å². The second-order valence-electron chi connectivity index (χ2n) is 7.64. The van der Waals surface area contributed by atoms with Gasteiger partial charge in [-0.2, -0.15) is 4.98 Å². The van der Waals surface area contributed by atoms with Gasteiger partial charge in [0.1, 0.15) is 13.7 Å². The first-order valence-electron chi connectivity index (χ1n) is 10.2. The smallest absolute Gasteiger partial charge is 0.321 e. The first-order valence-corrected chi connectivity index (χ1v) is 10.2. The Morgan fingerprint density at radius 2 is 2.00 bits per heavy atom. The number of carbonyl (C=O) groups is 1. The molecule has 0 bridgehead atoms. The Morgan fingerprint density at radius 1 is 1.24 bits per heavy atom. The number of anilines is 4. The van der Waals surface area contributed by atoms with Gasteiger partial charge in [0.15, 0.2) is 0 Å². The van der Waals surface area contributed by atoms with Crippen LogP contribution in [0.2, 0.25) is 0 Å². The molecule has 0 atom stereocenters. The van der Waals surface area contributed by atoms with E-state index in [1.807, 2.05) is 43.2 Å². The number of hydrogen-bond donors (Lipinski definition) is 3. The van der Waals surface area contributed by atoms with E-state index >= 15 is 0 Å². The number of likely N-dealkylation sites (tertiary alicyclic amines) is 1. The summed E-state index contributed by atoms with van der Waals surface area (Å²) in [6.07, 6.45) is 5.00. The molecule has 0 saturated carbocycles. The summed E-state index contributed by atoms with van der Waals surface area (Å²) >= 11 is 0. The van der Waals surface area contributed by atoms with Gasteiger partial charge in [-0.25, -0.2) is 9.78 Å². The van der Waals surface area contributed by atoms with Gasteiger partial charge in [-0.15, -0.1) is 0 Å². The summed E-state index contributed by atoms with van der Waals surface area (Å²) in [7, 11) is 6.13. The third kappa shape index (κ3) is 6.35. The Kier molecular flexibility index (Phi) is 7.29. The number of hydrogen-bond acceptors (Lipinski definition) is 6. The highest BCUT2D eigenvalue weighted by Crippen LogP contribution is 2.19. The van der Waals surface area contributed by atoms with Crippen molar-refractivity contribution in [3.63, 3.8) is 0 Å². The van der Waals surface area contributed by atoms with E-state index in [4.69, 9.17) is 0 Å². The van der Waals surface area contributed by atoms with Gasteiger partial charge in [0.05, 0.1) is 0 Å². The largest absolute Gasteiger partial charge is 0.370 e. The molecule has 0 spiro atoms. The zero-order chi connectivity index (χ0) is 20.6. The first-order chi connectivity index (χ1) is 14.0. The minimum absolute atomic E-state index is 0.0459. The molecular formula is C20H30BN7O. The van der Waals surface area contributed by atoms with Gasteiger partial charge >= 0.3 is 6.03 Å². The normalized spacial score (nSPS) is 13.6. The molecule has 1 aromatic heterocycles. The molecule has 29 heavy (non-hydrogen) atoms. The molecule has 0 unspecified atom stereocenters. The van der Waals surface area contributed by atoms with Crippen LogP contribution in [-0.4, -0.2) is 73.9 Å². The molecule has 1 saturated heterocycles. The maximum Gasteiger partial charge on any atom is 0.321 e. The van der Waals surface area contributed by atoms with Crippen molar-refractivity contribution in [3.8, 4) is 0 Å². The molecule has 2 amide bonds. The van der Waals surface area contributed by atoms with Gasteiger partial charge in [0.2, 0.25) is 5.95 Å². The Hall–Kier alpha value is -2.81. The van der Waals surface area contributed by atoms with Gasteiger partial charge in [0, 0.05) is 37.2 Å². The maximum atomic E-state index is 12.3. The Labute approximate surface area is 173 Å². The molecule has 0 aliphatic carbocycles. The summed E-state index contributed by atoms with van der Waals surface area (Å²) in [5, 5.41) is 9.57. The van der Waals surface area contributed by atoms with Crippen LogP contribution in [0.25, 0.3) is 0 Å². The van der Waals surface area contributed by atoms with Gasteiger partial charge < -0.3 is 25.8 Å². The first kappa shape index (κ1) is 20.9. The lowest BCUT2D eigenvalue weighted by molar-refractivity contribution is 0.222. The summed E-state index contributed by atoms with van der Waals surface area (Å²) in [6, 6.07) is 7.56. The third-order valence-corrected chi connectivity index (χ3v) is 4.81. The summed E-state index contributed by atoms with van der Waals surface area (Å²) in [5.74, 6) is 1.36. The average molecular weight is 395 g/mol. The monoisotopic (exact) mass is 395 g/mol. The summed E-state index contributed by atoms with van der Waals surface area (Å²) in [4.78, 5) is 25.3. The van der Waals surface area contributed by atoms with Crippen LogP contribution in [0, 0.1) is 0 Å². The van der Waals surface area contributed by atoms with Crippen LogP contribution in [0.4, 0.5) is 27.9 Å². The SMILES string of the molecule is Bc1cnc(Nc2cccc(NC(=O)N3CCCC3)c2)nc1NCCCN(C)C. The number of urea groups is 1. The molecule has 8 nitrogen and oxygen atoms in total. The van der Waals surface area contributed by atoms with E-state index in [1.54, 1.807) is 0 Å². The van der Waals surface area contributed by atoms with Crippen LogP contribution in [0.1, 0.15) is 19.3 Å². The number of carbonyl (C=O) groups excluding carboxylic acids is 1. The summed E-state index contributed by atoms with van der Waals surface area (Å²) < 4.78 is 0. The summed E-state index contributed by atoms with van der Waals surface area (Å²) in [5.41, 5.74) is 2.58. The van der Waals surface area contributed by atoms with Crippen molar-refractivity contribution in [1.29, 1.82) is 0 Å². The van der Waals surface area contributed by atoms with Crippen molar-refractivity contribution in [1.82, 2.24) is 19.8 Å². The zero-order valence-electron chi connectivity index (χ0n) is 17.5. The topological polar surface area (TPSA) is 85.4 Å². The fourth-order valence-electron chi connectivity index (χ4n) is 3.21. The minimum Gasteiger partial charge on any atom is -0.370 e. The molecule has 2 heterocycles. The van der Waals surface area contributed by atoms with E-state index in [0.717, 1.165) is 68.1 Å². The quantitative estimate of drug-likeness (QED) is 0.464. The van der Waals surface area contributed by atoms with Crippen molar-refractivity contribution in [2.45, 2.75) is 19.3 Å². The Bertz CT molecular complexity index is 824. The molecule has 1 aliphatic heterocycles. The van der Waals surface area contributed by atoms with E-state index in [0.29, 0.717) is 5.95 Å².